The van der Waals surface area contributed by atoms with Crippen molar-refractivity contribution in [3.8, 4) is 0 Å². The van der Waals surface area contributed by atoms with E-state index >= 15 is 0 Å². The molecule has 2 unspecified atom stereocenters. The Labute approximate surface area is 409 Å². The molecule has 0 aliphatic rings. The van der Waals surface area contributed by atoms with Crippen LogP contribution in [-0.2, 0) is 28.6 Å². The van der Waals surface area contributed by atoms with Gasteiger partial charge in [0.2, 0.25) is 0 Å². The van der Waals surface area contributed by atoms with Crippen LogP contribution in [0.4, 0.5) is 0 Å². The van der Waals surface area contributed by atoms with Crippen molar-refractivity contribution in [1.29, 1.82) is 0 Å². The number of allylic oxidation sites excluding steroid dienone is 2. The zero-order valence-corrected chi connectivity index (χ0v) is 44.7. The minimum absolute atomic E-state index is 0.0456. The number of carbonyl (C=O) groups is 3. The second kappa shape index (κ2) is 49.5. The number of likely N-dealkylation sites (N-methyl/N-ethyl adjacent to an activating group) is 1. The summed E-state index contributed by atoms with van der Waals surface area (Å²) in [6.07, 6.45) is 57.0. The topological polar surface area (TPSA) is 99.1 Å². The van der Waals surface area contributed by atoms with Gasteiger partial charge in [-0.15, -0.1) is 0 Å². The molecule has 0 amide bonds. The van der Waals surface area contributed by atoms with E-state index in [9.17, 15) is 19.5 Å². The fraction of sp³-hybridized carbons (Fsp3) is 0.914. The third-order valence-corrected chi connectivity index (χ3v) is 13.4. The first-order chi connectivity index (χ1) is 32.1. The zero-order chi connectivity index (χ0) is 48.4. The van der Waals surface area contributed by atoms with Gasteiger partial charge in [0.15, 0.2) is 12.1 Å². The number of hydrogen-bond acceptors (Lipinski definition) is 6. The molecule has 0 bridgehead atoms. The van der Waals surface area contributed by atoms with E-state index in [0.717, 1.165) is 38.5 Å². The summed E-state index contributed by atoms with van der Waals surface area (Å²) in [6.45, 7) is 4.80. The Kier molecular flexibility index (Phi) is 48.0. The second-order valence-corrected chi connectivity index (χ2v) is 20.9. The van der Waals surface area contributed by atoms with Crippen LogP contribution in [0, 0.1) is 0 Å². The van der Waals surface area contributed by atoms with Gasteiger partial charge in [-0.2, -0.15) is 0 Å². The van der Waals surface area contributed by atoms with Crippen molar-refractivity contribution in [3.05, 3.63) is 12.2 Å². The highest BCUT2D eigenvalue weighted by molar-refractivity contribution is 5.72. The van der Waals surface area contributed by atoms with Gasteiger partial charge >= 0.3 is 17.9 Å². The number of hydrogen-bond donors (Lipinski definition) is 1. The van der Waals surface area contributed by atoms with Gasteiger partial charge in [0.1, 0.15) is 6.61 Å². The van der Waals surface area contributed by atoms with Crippen LogP contribution < -0.4 is 0 Å². The van der Waals surface area contributed by atoms with Crippen LogP contribution in [0.1, 0.15) is 290 Å². The summed E-state index contributed by atoms with van der Waals surface area (Å²) in [7, 11) is 5.55. The highest BCUT2D eigenvalue weighted by atomic mass is 16.6. The molecule has 0 aromatic carbocycles. The van der Waals surface area contributed by atoms with Gasteiger partial charge in [0, 0.05) is 19.3 Å². The Balaban J connectivity index is 4.12. The Hall–Kier alpha value is -1.93. The molecule has 1 N–H and O–H groups in total. The lowest BCUT2D eigenvalue weighted by Gasteiger charge is -2.31. The zero-order valence-electron chi connectivity index (χ0n) is 44.7. The molecule has 0 saturated heterocycles. The van der Waals surface area contributed by atoms with E-state index in [2.05, 4.69) is 26.0 Å². The molecule has 0 saturated carbocycles. The maximum Gasteiger partial charge on any atom is 0.362 e. The van der Waals surface area contributed by atoms with Gasteiger partial charge in [0.25, 0.3) is 0 Å². The lowest BCUT2D eigenvalue weighted by molar-refractivity contribution is -0.887. The molecule has 0 spiro atoms. The Morgan fingerprint density at radius 2 is 0.758 bits per heavy atom. The number of carboxylic acid groups (broad SMARTS) is 1. The van der Waals surface area contributed by atoms with Gasteiger partial charge in [0.05, 0.1) is 34.4 Å². The molecule has 0 fully saturated rings. The molecule has 0 rings (SSSR count). The predicted molar refractivity (Wildman–Crippen MR) is 280 cm³/mol. The Bertz CT molecular complexity index is 1090. The second-order valence-electron chi connectivity index (χ2n) is 20.9. The van der Waals surface area contributed by atoms with Gasteiger partial charge in [-0.25, -0.2) is 4.79 Å². The highest BCUT2D eigenvalue weighted by Crippen LogP contribution is 2.17. The first-order valence-electron chi connectivity index (χ1n) is 28.7. The van der Waals surface area contributed by atoms with E-state index in [4.69, 9.17) is 14.2 Å². The van der Waals surface area contributed by atoms with Crippen molar-refractivity contribution in [1.82, 2.24) is 0 Å². The Morgan fingerprint density at radius 1 is 0.439 bits per heavy atom. The van der Waals surface area contributed by atoms with Crippen molar-refractivity contribution in [2.24, 2.45) is 0 Å². The predicted octanol–water partition coefficient (Wildman–Crippen LogP) is 17.0. The fourth-order valence-corrected chi connectivity index (χ4v) is 8.97. The third kappa shape index (κ3) is 47.1. The van der Waals surface area contributed by atoms with Crippen molar-refractivity contribution < 1.29 is 38.2 Å². The smallest absolute Gasteiger partial charge is 0.362 e. The SMILES string of the molecule is CCCCCCCCCC/C=C/CCCCCCCCCC(=O)OC(COCCC(C(=O)O)[N+](C)(C)C)COC(=O)CCCCCCCCCCCCCCCCCCCCCCCCC. The van der Waals surface area contributed by atoms with Crippen LogP contribution in [-0.4, -0.2) is 80.6 Å². The molecule has 8 heteroatoms. The van der Waals surface area contributed by atoms with E-state index < -0.39 is 18.1 Å². The standard InChI is InChI=1S/C58H111NO7/c1-6-8-10-12-14-16-18-20-22-24-26-27-28-29-31-32-34-36-38-40-42-44-46-48-56(60)65-53-54(52-64-51-50-55(58(62)63)59(3,4)5)66-57(61)49-47-45-43-41-39-37-35-33-30-25-23-21-19-17-15-13-11-9-7-2/h25,30,54-55H,6-24,26-29,31-53H2,1-5H3/p+1/b30-25+. The number of esters is 2. The molecule has 8 nitrogen and oxygen atoms in total. The number of unbranched alkanes of at least 4 members (excludes halogenated alkanes) is 37. The fourth-order valence-electron chi connectivity index (χ4n) is 8.97. The number of quaternary nitrogens is 1. The molecule has 0 radical (unpaired) electrons. The van der Waals surface area contributed by atoms with E-state index in [1.807, 2.05) is 21.1 Å². The van der Waals surface area contributed by atoms with Gasteiger partial charge in [-0.05, 0) is 38.5 Å². The number of ether oxygens (including phenoxy) is 3. The molecule has 0 aromatic rings. The average molecular weight is 936 g/mol. The van der Waals surface area contributed by atoms with Gasteiger partial charge in [-0.3, -0.25) is 9.59 Å². The highest BCUT2D eigenvalue weighted by Gasteiger charge is 2.31. The molecule has 0 heterocycles. The first kappa shape index (κ1) is 64.1. The van der Waals surface area contributed by atoms with Crippen molar-refractivity contribution in [3.63, 3.8) is 0 Å². The van der Waals surface area contributed by atoms with Gasteiger partial charge < -0.3 is 23.8 Å². The van der Waals surface area contributed by atoms with Gasteiger partial charge in [-0.1, -0.05) is 244 Å². The van der Waals surface area contributed by atoms with Crippen molar-refractivity contribution in [2.45, 2.75) is 302 Å². The molecule has 0 aromatic heterocycles. The van der Waals surface area contributed by atoms with E-state index in [-0.39, 0.29) is 36.2 Å². The molecule has 66 heavy (non-hydrogen) atoms. The number of rotatable bonds is 53. The lowest BCUT2D eigenvalue weighted by atomic mass is 10.0. The maximum absolute atomic E-state index is 12.8. The Morgan fingerprint density at radius 3 is 1.09 bits per heavy atom. The number of carbonyl (C=O) groups excluding carboxylic acids is 2. The summed E-state index contributed by atoms with van der Waals surface area (Å²) in [6, 6.07) is -0.612. The van der Waals surface area contributed by atoms with Crippen LogP contribution in [0.15, 0.2) is 12.2 Å². The van der Waals surface area contributed by atoms with Crippen LogP contribution in [0.5, 0.6) is 0 Å². The first-order valence-corrected chi connectivity index (χ1v) is 28.7. The maximum atomic E-state index is 12.8. The van der Waals surface area contributed by atoms with E-state index in [1.54, 1.807) is 0 Å². The van der Waals surface area contributed by atoms with E-state index in [0.29, 0.717) is 19.3 Å². The minimum Gasteiger partial charge on any atom is -0.477 e. The average Bonchev–Trinajstić information content (AvgIpc) is 3.28. The van der Waals surface area contributed by atoms with E-state index in [1.165, 1.54) is 218 Å². The molecule has 2 atom stereocenters. The van der Waals surface area contributed by atoms with Crippen molar-refractivity contribution in [2.75, 3.05) is 41.0 Å². The molecule has 0 aliphatic carbocycles. The summed E-state index contributed by atoms with van der Waals surface area (Å²) in [5.41, 5.74) is 0. The summed E-state index contributed by atoms with van der Waals surface area (Å²) in [5, 5.41) is 9.67. The lowest BCUT2D eigenvalue weighted by Crippen LogP contribution is -2.50. The summed E-state index contributed by atoms with van der Waals surface area (Å²) in [4.78, 5) is 37.3. The largest absolute Gasteiger partial charge is 0.477 e. The quantitative estimate of drug-likeness (QED) is 0.0281. The van der Waals surface area contributed by atoms with Crippen LogP contribution >= 0.6 is 0 Å². The molecule has 0 aliphatic heterocycles. The van der Waals surface area contributed by atoms with Crippen LogP contribution in [0.3, 0.4) is 0 Å². The molecule has 390 valence electrons. The van der Waals surface area contributed by atoms with Crippen LogP contribution in [0.2, 0.25) is 0 Å². The van der Waals surface area contributed by atoms with Crippen molar-refractivity contribution >= 4 is 17.9 Å². The van der Waals surface area contributed by atoms with Crippen LogP contribution in [0.25, 0.3) is 0 Å². The number of nitrogens with zero attached hydrogens (tertiary/aromatic N) is 1. The summed E-state index contributed by atoms with van der Waals surface area (Å²) in [5.74, 6) is -1.45. The third-order valence-electron chi connectivity index (χ3n) is 13.4. The minimum atomic E-state index is -0.870. The molecular formula is C58H112NO7+. The summed E-state index contributed by atoms with van der Waals surface area (Å²) < 4.78 is 17.4. The monoisotopic (exact) mass is 935 g/mol. The summed E-state index contributed by atoms with van der Waals surface area (Å²) >= 11 is 0. The number of aliphatic carboxylic acids is 1. The number of carboxylic acids is 1. The molecular weight excluding hydrogens is 823 g/mol. The normalized spacial score (nSPS) is 12.8.